The standard InChI is InChI=1S/C14H26N4O2S/c1-3-4-5-6-14(2)13-18(12(20)10-21-13)8-7-17(14)9-11(19)16-15/h13H,3-10,15H2,1-2H3,(H,16,19)/t13-,14+/m1/s1. The summed E-state index contributed by atoms with van der Waals surface area (Å²) in [5.74, 6) is 5.86. The van der Waals surface area contributed by atoms with Crippen LogP contribution in [-0.2, 0) is 9.59 Å². The Hall–Kier alpha value is -0.790. The number of nitrogens with two attached hydrogens (primary N) is 1. The van der Waals surface area contributed by atoms with Gasteiger partial charge in [-0.05, 0) is 13.3 Å². The van der Waals surface area contributed by atoms with Crippen molar-refractivity contribution in [2.45, 2.75) is 50.4 Å². The predicted octanol–water partition coefficient (Wildman–Crippen LogP) is 0.532. The first-order valence-corrected chi connectivity index (χ1v) is 8.73. The van der Waals surface area contributed by atoms with Gasteiger partial charge in [0.1, 0.15) is 0 Å². The van der Waals surface area contributed by atoms with Gasteiger partial charge in [-0.15, -0.1) is 11.8 Å². The summed E-state index contributed by atoms with van der Waals surface area (Å²) in [5.41, 5.74) is 2.06. The maximum absolute atomic E-state index is 12.0. The number of hydrogen-bond donors (Lipinski definition) is 2. The predicted molar refractivity (Wildman–Crippen MR) is 84.4 cm³/mol. The van der Waals surface area contributed by atoms with Crippen molar-refractivity contribution in [2.75, 3.05) is 25.4 Å². The highest BCUT2D eigenvalue weighted by Gasteiger charge is 2.50. The Labute approximate surface area is 130 Å². The highest BCUT2D eigenvalue weighted by molar-refractivity contribution is 8.01. The molecule has 2 amide bonds. The van der Waals surface area contributed by atoms with Crippen LogP contribution in [0.1, 0.15) is 39.5 Å². The molecule has 0 aromatic heterocycles. The number of nitrogens with one attached hydrogen (secondary N) is 1. The minimum absolute atomic E-state index is 0.154. The molecule has 0 aromatic rings. The lowest BCUT2D eigenvalue weighted by Crippen LogP contribution is -2.66. The Balaban J connectivity index is 2.15. The van der Waals surface area contributed by atoms with Gasteiger partial charge in [0.05, 0.1) is 17.7 Å². The molecule has 2 aliphatic rings. The normalized spacial score (nSPS) is 29.6. The zero-order valence-corrected chi connectivity index (χ0v) is 13.7. The van der Waals surface area contributed by atoms with Crippen LogP contribution in [-0.4, -0.2) is 57.9 Å². The van der Waals surface area contributed by atoms with E-state index >= 15 is 0 Å². The van der Waals surface area contributed by atoms with Crippen LogP contribution < -0.4 is 11.3 Å². The van der Waals surface area contributed by atoms with Gasteiger partial charge in [0, 0.05) is 18.6 Å². The van der Waals surface area contributed by atoms with E-state index in [1.165, 1.54) is 12.8 Å². The molecule has 6 nitrogen and oxygen atoms in total. The van der Waals surface area contributed by atoms with Gasteiger partial charge in [0.15, 0.2) is 0 Å². The van der Waals surface area contributed by atoms with E-state index in [2.05, 4.69) is 24.2 Å². The first kappa shape index (κ1) is 16.6. The number of carbonyl (C=O) groups excluding carboxylic acids is 2. The Bertz CT molecular complexity index is 406. The third-order valence-corrected chi connectivity index (χ3v) is 6.11. The number of amides is 2. The monoisotopic (exact) mass is 314 g/mol. The number of unbranched alkanes of at least 4 members (excludes halogenated alkanes) is 2. The maximum Gasteiger partial charge on any atom is 0.248 e. The fourth-order valence-corrected chi connectivity index (χ4v) is 4.84. The van der Waals surface area contributed by atoms with Crippen molar-refractivity contribution in [1.29, 1.82) is 0 Å². The van der Waals surface area contributed by atoms with Gasteiger partial charge in [0.25, 0.3) is 0 Å². The number of piperazine rings is 1. The van der Waals surface area contributed by atoms with Crippen molar-refractivity contribution in [3.05, 3.63) is 0 Å². The number of rotatable bonds is 6. The summed E-state index contributed by atoms with van der Waals surface area (Å²) in [6, 6.07) is 0. The van der Waals surface area contributed by atoms with E-state index in [1.807, 2.05) is 4.90 Å². The van der Waals surface area contributed by atoms with Gasteiger partial charge >= 0.3 is 0 Å². The van der Waals surface area contributed by atoms with Crippen LogP contribution >= 0.6 is 11.8 Å². The van der Waals surface area contributed by atoms with Gasteiger partial charge in [-0.3, -0.25) is 19.9 Å². The molecule has 2 saturated heterocycles. The third-order valence-electron chi connectivity index (χ3n) is 4.62. The van der Waals surface area contributed by atoms with E-state index in [0.717, 1.165) is 19.4 Å². The Kier molecular flexibility index (Phi) is 5.51. The van der Waals surface area contributed by atoms with Crippen LogP contribution in [0.3, 0.4) is 0 Å². The van der Waals surface area contributed by atoms with Crippen molar-refractivity contribution in [2.24, 2.45) is 5.84 Å². The second-order valence-electron chi connectivity index (χ2n) is 6.05. The first-order chi connectivity index (χ1) is 10.0. The van der Waals surface area contributed by atoms with Crippen molar-refractivity contribution < 1.29 is 9.59 Å². The molecule has 0 aliphatic carbocycles. The number of nitrogens with zero attached hydrogens (tertiary/aromatic N) is 2. The molecular weight excluding hydrogens is 288 g/mol. The minimum atomic E-state index is -0.167. The average Bonchev–Trinajstić information content (AvgIpc) is 2.85. The number of fused-ring (bicyclic) bond motifs is 1. The van der Waals surface area contributed by atoms with Gasteiger partial charge in [-0.1, -0.05) is 26.2 Å². The lowest BCUT2D eigenvalue weighted by atomic mass is 9.89. The molecule has 0 bridgehead atoms. The lowest BCUT2D eigenvalue weighted by molar-refractivity contribution is -0.136. The molecule has 2 atom stereocenters. The van der Waals surface area contributed by atoms with Gasteiger partial charge in [0.2, 0.25) is 11.8 Å². The summed E-state index contributed by atoms with van der Waals surface area (Å²) in [6.45, 7) is 6.12. The Morgan fingerprint density at radius 2 is 2.24 bits per heavy atom. The van der Waals surface area contributed by atoms with E-state index < -0.39 is 0 Å². The first-order valence-electron chi connectivity index (χ1n) is 7.68. The zero-order chi connectivity index (χ0) is 15.5. The molecule has 0 aromatic carbocycles. The second-order valence-corrected chi connectivity index (χ2v) is 7.12. The van der Waals surface area contributed by atoms with E-state index in [4.69, 9.17) is 5.84 Å². The molecule has 21 heavy (non-hydrogen) atoms. The fraction of sp³-hybridized carbons (Fsp3) is 0.857. The third kappa shape index (κ3) is 3.35. The number of thioether (sulfide) groups is 1. The van der Waals surface area contributed by atoms with Gasteiger partial charge in [-0.25, -0.2) is 5.84 Å². The number of carbonyl (C=O) groups is 2. The van der Waals surface area contributed by atoms with Crippen LogP contribution in [0.5, 0.6) is 0 Å². The van der Waals surface area contributed by atoms with Crippen molar-refractivity contribution in [3.63, 3.8) is 0 Å². The van der Waals surface area contributed by atoms with E-state index in [1.54, 1.807) is 11.8 Å². The molecule has 0 spiro atoms. The molecule has 3 N–H and O–H groups in total. The zero-order valence-electron chi connectivity index (χ0n) is 12.9. The molecule has 120 valence electrons. The SMILES string of the molecule is CCCCC[C@@]1(C)[C@H]2SCC(=O)N2CCN1CC(=O)NN. The van der Waals surface area contributed by atoms with Crippen molar-refractivity contribution in [3.8, 4) is 0 Å². The molecular formula is C14H26N4O2S. The summed E-state index contributed by atoms with van der Waals surface area (Å²) >= 11 is 1.71. The molecule has 2 rings (SSSR count). The number of hydrazine groups is 1. The summed E-state index contributed by atoms with van der Waals surface area (Å²) in [4.78, 5) is 27.9. The van der Waals surface area contributed by atoms with Crippen LogP contribution in [0, 0.1) is 0 Å². The summed E-state index contributed by atoms with van der Waals surface area (Å²) in [5, 5.41) is 0.154. The smallest absolute Gasteiger partial charge is 0.248 e. The Morgan fingerprint density at radius 1 is 1.48 bits per heavy atom. The molecule has 2 fully saturated rings. The summed E-state index contributed by atoms with van der Waals surface area (Å²) in [7, 11) is 0. The van der Waals surface area contributed by atoms with Gasteiger partial charge < -0.3 is 4.90 Å². The van der Waals surface area contributed by atoms with E-state index in [9.17, 15) is 9.59 Å². The molecule has 0 radical (unpaired) electrons. The lowest BCUT2D eigenvalue weighted by Gasteiger charge is -2.52. The molecule has 0 saturated carbocycles. The largest absolute Gasteiger partial charge is 0.327 e. The Morgan fingerprint density at radius 3 is 2.90 bits per heavy atom. The summed E-state index contributed by atoms with van der Waals surface area (Å²) < 4.78 is 0. The van der Waals surface area contributed by atoms with Gasteiger partial charge in [-0.2, -0.15) is 0 Å². The van der Waals surface area contributed by atoms with Crippen LogP contribution in [0.4, 0.5) is 0 Å². The molecule has 7 heteroatoms. The minimum Gasteiger partial charge on any atom is -0.327 e. The van der Waals surface area contributed by atoms with Crippen molar-refractivity contribution >= 4 is 23.6 Å². The summed E-state index contributed by atoms with van der Waals surface area (Å²) in [6.07, 6.45) is 4.46. The fourth-order valence-electron chi connectivity index (χ4n) is 3.34. The van der Waals surface area contributed by atoms with E-state index in [0.29, 0.717) is 18.8 Å². The van der Waals surface area contributed by atoms with E-state index in [-0.39, 0.29) is 22.7 Å². The second kappa shape index (κ2) is 6.98. The van der Waals surface area contributed by atoms with Crippen LogP contribution in [0.25, 0.3) is 0 Å². The average molecular weight is 314 g/mol. The van der Waals surface area contributed by atoms with Crippen LogP contribution in [0.15, 0.2) is 0 Å². The maximum atomic E-state index is 12.0. The molecule has 2 aliphatic heterocycles. The molecule has 2 heterocycles. The van der Waals surface area contributed by atoms with Crippen LogP contribution in [0.2, 0.25) is 0 Å². The topological polar surface area (TPSA) is 78.7 Å². The quantitative estimate of drug-likeness (QED) is 0.324. The number of hydrogen-bond acceptors (Lipinski definition) is 5. The molecule has 0 unspecified atom stereocenters. The van der Waals surface area contributed by atoms with Crippen molar-refractivity contribution in [1.82, 2.24) is 15.2 Å². The highest BCUT2D eigenvalue weighted by Crippen LogP contribution is 2.42. The highest BCUT2D eigenvalue weighted by atomic mass is 32.2.